The van der Waals surface area contributed by atoms with Crippen LogP contribution in [-0.4, -0.2) is 12.9 Å². The second kappa shape index (κ2) is 5.11. The van der Waals surface area contributed by atoms with E-state index in [1.807, 2.05) is 0 Å². The molecular formula is C10H10F2O2S. The van der Waals surface area contributed by atoms with Crippen LogP contribution >= 0.6 is 12.6 Å². The van der Waals surface area contributed by atoms with E-state index in [-0.39, 0.29) is 5.75 Å². The third-order valence-electron chi connectivity index (χ3n) is 1.92. The molecule has 0 aliphatic heterocycles. The van der Waals surface area contributed by atoms with E-state index in [4.69, 9.17) is 0 Å². The fourth-order valence-corrected chi connectivity index (χ4v) is 1.49. The molecule has 0 heterocycles. The van der Waals surface area contributed by atoms with Crippen LogP contribution in [0.25, 0.3) is 0 Å². The molecule has 0 aliphatic carbocycles. The Balaban J connectivity index is 2.99. The molecular weight excluding hydrogens is 222 g/mol. The summed E-state index contributed by atoms with van der Waals surface area (Å²) in [5.74, 6) is -0.356. The van der Waals surface area contributed by atoms with E-state index in [1.54, 1.807) is 6.92 Å². The smallest absolute Gasteiger partial charge is 0.387 e. The van der Waals surface area contributed by atoms with Crippen LogP contribution in [0.15, 0.2) is 23.1 Å². The molecule has 1 aromatic rings. The Kier molecular flexibility index (Phi) is 4.08. The topological polar surface area (TPSA) is 26.3 Å². The van der Waals surface area contributed by atoms with Gasteiger partial charge in [-0.25, -0.2) is 0 Å². The van der Waals surface area contributed by atoms with Gasteiger partial charge in [0.1, 0.15) is 12.0 Å². The summed E-state index contributed by atoms with van der Waals surface area (Å²) in [6.45, 7) is -1.20. The van der Waals surface area contributed by atoms with Crippen LogP contribution in [0.4, 0.5) is 8.78 Å². The Morgan fingerprint density at radius 3 is 2.67 bits per heavy atom. The van der Waals surface area contributed by atoms with Gasteiger partial charge < -0.3 is 9.53 Å². The lowest BCUT2D eigenvalue weighted by Gasteiger charge is -2.10. The zero-order valence-electron chi connectivity index (χ0n) is 7.98. The number of carbonyl (C=O) groups excluding carboxylic acids is 1. The molecule has 1 aromatic carbocycles. The van der Waals surface area contributed by atoms with E-state index in [9.17, 15) is 13.6 Å². The summed E-state index contributed by atoms with van der Waals surface area (Å²) in [5.41, 5.74) is 0.575. The maximum atomic E-state index is 11.9. The second-order valence-corrected chi connectivity index (χ2v) is 3.51. The van der Waals surface area contributed by atoms with Gasteiger partial charge in [-0.1, -0.05) is 6.92 Å². The number of aldehydes is 1. The van der Waals surface area contributed by atoms with Gasteiger partial charge in [0.15, 0.2) is 0 Å². The Morgan fingerprint density at radius 1 is 1.47 bits per heavy atom. The first kappa shape index (κ1) is 12.0. The fourth-order valence-electron chi connectivity index (χ4n) is 1.15. The molecule has 2 nitrogen and oxygen atoms in total. The standard InChI is InChI=1S/C10H10F2O2S/c1-6(5-13)8-4-7(14-10(11)12)2-3-9(8)15/h2-6,10,15H,1H3. The van der Waals surface area contributed by atoms with E-state index < -0.39 is 12.5 Å². The third kappa shape index (κ3) is 3.20. The van der Waals surface area contributed by atoms with Crippen LogP contribution in [-0.2, 0) is 4.79 Å². The molecule has 0 aromatic heterocycles. The van der Waals surface area contributed by atoms with Crippen molar-refractivity contribution in [2.45, 2.75) is 24.3 Å². The second-order valence-electron chi connectivity index (χ2n) is 3.02. The summed E-state index contributed by atoms with van der Waals surface area (Å²) in [6, 6.07) is 4.30. The van der Waals surface area contributed by atoms with E-state index in [0.29, 0.717) is 10.5 Å². The van der Waals surface area contributed by atoms with Gasteiger partial charge in [-0.05, 0) is 23.8 Å². The van der Waals surface area contributed by atoms with Crippen LogP contribution in [0.3, 0.4) is 0 Å². The highest BCUT2D eigenvalue weighted by Crippen LogP contribution is 2.27. The number of ether oxygens (including phenoxy) is 1. The number of alkyl halides is 2. The van der Waals surface area contributed by atoms with Crippen LogP contribution in [0.1, 0.15) is 18.4 Å². The Hall–Kier alpha value is -1.10. The molecule has 15 heavy (non-hydrogen) atoms. The zero-order chi connectivity index (χ0) is 11.4. The molecule has 0 saturated carbocycles. The van der Waals surface area contributed by atoms with Gasteiger partial charge in [0.25, 0.3) is 0 Å². The first-order valence-corrected chi connectivity index (χ1v) is 4.72. The molecule has 82 valence electrons. The normalized spacial score (nSPS) is 12.6. The summed E-state index contributed by atoms with van der Waals surface area (Å²) in [4.78, 5) is 11.1. The lowest BCUT2D eigenvalue weighted by Crippen LogP contribution is -2.03. The molecule has 0 spiro atoms. The molecule has 0 aliphatic rings. The maximum Gasteiger partial charge on any atom is 0.387 e. The van der Waals surface area contributed by atoms with Crippen molar-refractivity contribution >= 4 is 18.9 Å². The van der Waals surface area contributed by atoms with E-state index in [0.717, 1.165) is 6.29 Å². The number of rotatable bonds is 4. The van der Waals surface area contributed by atoms with Crippen molar-refractivity contribution in [3.05, 3.63) is 23.8 Å². The lowest BCUT2D eigenvalue weighted by atomic mass is 10.0. The Labute approximate surface area is 91.7 Å². The molecule has 0 saturated heterocycles. The first-order chi connectivity index (χ1) is 7.04. The van der Waals surface area contributed by atoms with Crippen LogP contribution in [0, 0.1) is 0 Å². The summed E-state index contributed by atoms with van der Waals surface area (Å²) < 4.78 is 28.1. The van der Waals surface area contributed by atoms with Crippen LogP contribution < -0.4 is 4.74 Å². The molecule has 1 unspecified atom stereocenters. The Bertz CT molecular complexity index is 355. The van der Waals surface area contributed by atoms with Crippen molar-refractivity contribution < 1.29 is 18.3 Å². The monoisotopic (exact) mass is 232 g/mol. The SMILES string of the molecule is CC(C=O)c1cc(OC(F)F)ccc1S. The largest absolute Gasteiger partial charge is 0.435 e. The minimum Gasteiger partial charge on any atom is -0.435 e. The van der Waals surface area contributed by atoms with Gasteiger partial charge in [-0.3, -0.25) is 0 Å². The van der Waals surface area contributed by atoms with Gasteiger partial charge in [0, 0.05) is 10.8 Å². The molecule has 5 heteroatoms. The van der Waals surface area contributed by atoms with Crippen molar-refractivity contribution in [1.29, 1.82) is 0 Å². The molecule has 0 amide bonds. The number of hydrogen-bond donors (Lipinski definition) is 1. The van der Waals surface area contributed by atoms with Crippen molar-refractivity contribution in [3.8, 4) is 5.75 Å². The average molecular weight is 232 g/mol. The van der Waals surface area contributed by atoms with Crippen molar-refractivity contribution in [2.24, 2.45) is 0 Å². The van der Waals surface area contributed by atoms with E-state index in [2.05, 4.69) is 17.4 Å². The summed E-state index contributed by atoms with van der Waals surface area (Å²) in [5, 5.41) is 0. The summed E-state index contributed by atoms with van der Waals surface area (Å²) >= 11 is 4.13. The molecule has 0 N–H and O–H groups in total. The quantitative estimate of drug-likeness (QED) is 0.638. The minimum atomic E-state index is -2.87. The van der Waals surface area contributed by atoms with Gasteiger partial charge >= 0.3 is 6.61 Å². The maximum absolute atomic E-state index is 11.9. The molecule has 1 rings (SSSR count). The zero-order valence-corrected chi connectivity index (χ0v) is 8.88. The number of carbonyl (C=O) groups is 1. The van der Waals surface area contributed by atoms with Crippen LogP contribution in [0.2, 0.25) is 0 Å². The molecule has 0 fully saturated rings. The predicted octanol–water partition coefficient (Wildman–Crippen LogP) is 2.88. The number of benzene rings is 1. The highest BCUT2D eigenvalue weighted by Gasteiger charge is 2.11. The molecule has 0 radical (unpaired) electrons. The number of halogens is 2. The summed E-state index contributed by atoms with van der Waals surface area (Å²) in [7, 11) is 0. The first-order valence-electron chi connectivity index (χ1n) is 4.27. The van der Waals surface area contributed by atoms with Crippen molar-refractivity contribution in [1.82, 2.24) is 0 Å². The highest BCUT2D eigenvalue weighted by molar-refractivity contribution is 7.80. The fraction of sp³-hybridized carbons (Fsp3) is 0.300. The molecule has 1 atom stereocenters. The van der Waals surface area contributed by atoms with Crippen molar-refractivity contribution in [2.75, 3.05) is 0 Å². The predicted molar refractivity (Wildman–Crippen MR) is 54.8 cm³/mol. The highest BCUT2D eigenvalue weighted by atomic mass is 32.1. The lowest BCUT2D eigenvalue weighted by molar-refractivity contribution is -0.108. The van der Waals surface area contributed by atoms with Gasteiger partial charge in [-0.15, -0.1) is 12.6 Å². The average Bonchev–Trinajstić information content (AvgIpc) is 2.19. The third-order valence-corrected chi connectivity index (χ3v) is 2.33. The number of hydrogen-bond acceptors (Lipinski definition) is 3. The van der Waals surface area contributed by atoms with Gasteiger partial charge in [0.2, 0.25) is 0 Å². The van der Waals surface area contributed by atoms with E-state index >= 15 is 0 Å². The summed E-state index contributed by atoms with van der Waals surface area (Å²) in [6.07, 6.45) is 0.723. The van der Waals surface area contributed by atoms with E-state index in [1.165, 1.54) is 18.2 Å². The van der Waals surface area contributed by atoms with Crippen LogP contribution in [0.5, 0.6) is 5.75 Å². The number of thiol groups is 1. The van der Waals surface area contributed by atoms with Crippen molar-refractivity contribution in [3.63, 3.8) is 0 Å². The van der Waals surface area contributed by atoms with Gasteiger partial charge in [0.05, 0.1) is 0 Å². The minimum absolute atomic E-state index is 0.0338. The Morgan fingerprint density at radius 2 is 2.13 bits per heavy atom. The molecule has 0 bridgehead atoms. The van der Waals surface area contributed by atoms with Gasteiger partial charge in [-0.2, -0.15) is 8.78 Å².